The van der Waals surface area contributed by atoms with Crippen LogP contribution in [0.2, 0.25) is 0 Å². The van der Waals surface area contributed by atoms with Crippen molar-refractivity contribution in [3.8, 4) is 34.3 Å². The van der Waals surface area contributed by atoms with Crippen LogP contribution in [0.4, 0.5) is 0 Å². The normalized spacial score (nSPS) is 20.3. The third kappa shape index (κ3) is 5.85. The lowest BCUT2D eigenvalue weighted by Crippen LogP contribution is -2.33. The van der Waals surface area contributed by atoms with Gasteiger partial charge in [-0.1, -0.05) is 127 Å². The van der Waals surface area contributed by atoms with Crippen molar-refractivity contribution in [3.05, 3.63) is 150 Å². The zero-order valence-corrected chi connectivity index (χ0v) is 30.0. The summed E-state index contributed by atoms with van der Waals surface area (Å²) in [4.78, 5) is 5.47. The van der Waals surface area contributed by atoms with Gasteiger partial charge in [0.1, 0.15) is 11.5 Å². The summed E-state index contributed by atoms with van der Waals surface area (Å²) in [5.41, 5.74) is 13.5. The molecule has 0 saturated heterocycles. The van der Waals surface area contributed by atoms with E-state index < -0.39 is 0 Å². The summed E-state index contributed by atoms with van der Waals surface area (Å²) >= 11 is 3.31. The predicted octanol–water partition coefficient (Wildman–Crippen LogP) is 8.02. The van der Waals surface area contributed by atoms with Crippen molar-refractivity contribution >= 4 is 23.5 Å². The summed E-state index contributed by atoms with van der Waals surface area (Å²) in [6.07, 6.45) is 0.706. The van der Waals surface area contributed by atoms with Gasteiger partial charge in [-0.05, 0) is 24.3 Å². The van der Waals surface area contributed by atoms with E-state index in [9.17, 15) is 0 Å². The molecular formula is C40H33N9O2S2. The highest BCUT2D eigenvalue weighted by molar-refractivity contribution is 7.99. The molecule has 53 heavy (non-hydrogen) atoms. The second-order valence-corrected chi connectivity index (χ2v) is 15.1. The topological polar surface area (TPSA) is 117 Å². The fraction of sp³-hybridized carbons (Fsp3) is 0.175. The van der Waals surface area contributed by atoms with E-state index in [1.165, 1.54) is 0 Å². The molecule has 4 aromatic carbocycles. The smallest absolute Gasteiger partial charge is 0.211 e. The van der Waals surface area contributed by atoms with Crippen LogP contribution < -0.4 is 20.3 Å². The van der Waals surface area contributed by atoms with Crippen LogP contribution in [-0.4, -0.2) is 47.9 Å². The van der Waals surface area contributed by atoms with Crippen molar-refractivity contribution in [2.75, 3.05) is 24.1 Å². The van der Waals surface area contributed by atoms with Crippen molar-refractivity contribution in [2.24, 2.45) is 0 Å². The first-order valence-corrected chi connectivity index (χ1v) is 19.3. The van der Waals surface area contributed by atoms with Crippen LogP contribution >= 0.6 is 23.5 Å². The molecule has 3 aliphatic heterocycles. The molecule has 3 aromatic heterocycles. The Hall–Kier alpha value is -5.79. The Morgan fingerprint density at radius 2 is 0.962 bits per heavy atom. The van der Waals surface area contributed by atoms with E-state index >= 15 is 0 Å². The lowest BCUT2D eigenvalue weighted by molar-refractivity contribution is 0.243. The van der Waals surface area contributed by atoms with Gasteiger partial charge in [0.15, 0.2) is 11.6 Å². The molecule has 11 nitrogen and oxygen atoms in total. The standard InChI is InChI=1S/C40H33N9O2S2/c1-3-13-25(14-4-1)37-42-44-39-48(37)46-33-27-17-7-9-21-31(27)50-23-12-24-51-32-22-10-8-18-28(32)34-36(30-20-11-19-29(41-30)35(33)52-39)53-40-45-43-38(49(40)47-34)26-15-5-2-6-16-26/h1-11,13-22,33-36,46-47H,12,23-24H2. The second kappa shape index (κ2) is 13.6. The summed E-state index contributed by atoms with van der Waals surface area (Å²) in [7, 11) is 0. The summed E-state index contributed by atoms with van der Waals surface area (Å²) in [6.45, 7) is 0.991. The number of hydrogen-bond donors (Lipinski definition) is 2. The van der Waals surface area contributed by atoms with E-state index in [4.69, 9.17) is 14.5 Å². The first kappa shape index (κ1) is 31.9. The van der Waals surface area contributed by atoms with Gasteiger partial charge in [-0.15, -0.1) is 20.4 Å². The van der Waals surface area contributed by atoms with Gasteiger partial charge in [-0.3, -0.25) is 4.98 Å². The number of pyridine rings is 1. The summed E-state index contributed by atoms with van der Waals surface area (Å²) < 4.78 is 17.0. The predicted molar refractivity (Wildman–Crippen MR) is 205 cm³/mol. The Balaban J connectivity index is 1.11. The molecular weight excluding hydrogens is 703 g/mol. The van der Waals surface area contributed by atoms with Gasteiger partial charge in [-0.2, -0.15) is 0 Å². The van der Waals surface area contributed by atoms with Crippen molar-refractivity contribution < 1.29 is 9.47 Å². The molecule has 4 unspecified atom stereocenters. The molecule has 7 aromatic rings. The number of nitrogens with one attached hydrogen (secondary N) is 2. The molecule has 0 aliphatic carbocycles. The van der Waals surface area contributed by atoms with Crippen LogP contribution in [0.25, 0.3) is 22.8 Å². The van der Waals surface area contributed by atoms with Crippen molar-refractivity contribution in [3.63, 3.8) is 0 Å². The van der Waals surface area contributed by atoms with E-state index in [0.717, 1.165) is 67.1 Å². The number of fused-ring (bicyclic) bond motifs is 12. The van der Waals surface area contributed by atoms with Crippen LogP contribution in [0.1, 0.15) is 51.5 Å². The molecule has 10 rings (SSSR count). The fourth-order valence-electron chi connectivity index (χ4n) is 7.12. The van der Waals surface area contributed by atoms with E-state index in [-0.39, 0.29) is 22.6 Å². The molecule has 6 heterocycles. The maximum Gasteiger partial charge on any atom is 0.211 e. The first-order valence-electron chi connectivity index (χ1n) is 17.6. The Bertz CT molecular complexity index is 2240. The summed E-state index contributed by atoms with van der Waals surface area (Å²) in [5.74, 6) is 3.14. The summed E-state index contributed by atoms with van der Waals surface area (Å²) in [6, 6.07) is 42.6. The van der Waals surface area contributed by atoms with Gasteiger partial charge in [0, 0.05) is 28.7 Å². The number of ether oxygens (including phenoxy) is 2. The molecule has 0 saturated carbocycles. The highest BCUT2D eigenvalue weighted by atomic mass is 32.2. The molecule has 0 amide bonds. The lowest BCUT2D eigenvalue weighted by atomic mass is 9.98. The molecule has 0 fully saturated rings. The molecule has 2 N–H and O–H groups in total. The van der Waals surface area contributed by atoms with Crippen molar-refractivity contribution in [1.29, 1.82) is 0 Å². The summed E-state index contributed by atoms with van der Waals surface area (Å²) in [5, 5.41) is 19.8. The molecule has 3 aliphatic rings. The number of para-hydroxylation sites is 2. The fourth-order valence-corrected chi connectivity index (χ4v) is 9.44. The Morgan fingerprint density at radius 3 is 1.45 bits per heavy atom. The monoisotopic (exact) mass is 735 g/mol. The molecule has 0 radical (unpaired) electrons. The highest BCUT2D eigenvalue weighted by Crippen LogP contribution is 2.52. The van der Waals surface area contributed by atoms with Gasteiger partial charge in [0.2, 0.25) is 10.3 Å². The molecule has 0 spiro atoms. The number of rotatable bonds is 2. The lowest BCUT2D eigenvalue weighted by Gasteiger charge is -2.36. The van der Waals surface area contributed by atoms with Gasteiger partial charge in [0.05, 0.1) is 47.2 Å². The first-order chi connectivity index (χ1) is 26.3. The Morgan fingerprint density at radius 1 is 0.509 bits per heavy atom. The average molecular weight is 736 g/mol. The van der Waals surface area contributed by atoms with Crippen LogP contribution in [-0.2, 0) is 0 Å². The van der Waals surface area contributed by atoms with E-state index in [0.29, 0.717) is 19.6 Å². The van der Waals surface area contributed by atoms with E-state index in [1.807, 2.05) is 94.3 Å². The minimum atomic E-state index is -0.223. The number of nitrogens with zero attached hydrogens (tertiary/aromatic N) is 7. The van der Waals surface area contributed by atoms with E-state index in [1.54, 1.807) is 23.5 Å². The SMILES string of the molecule is c1ccc(-c2nnc3n2NC2c4ccccc4OCCCOc4ccccc4C4Nn5c(nnc5-c5ccccc5)SC4c4cccc(n4)C2S3)cc1. The third-order valence-corrected chi connectivity index (χ3v) is 12.1. The van der Waals surface area contributed by atoms with Crippen molar-refractivity contribution in [1.82, 2.24) is 34.7 Å². The molecule has 262 valence electrons. The van der Waals surface area contributed by atoms with Gasteiger partial charge in [0.25, 0.3) is 0 Å². The maximum atomic E-state index is 6.51. The largest absolute Gasteiger partial charge is 0.493 e. The minimum absolute atomic E-state index is 0.156. The van der Waals surface area contributed by atoms with Crippen LogP contribution in [0.15, 0.2) is 138 Å². The van der Waals surface area contributed by atoms with E-state index in [2.05, 4.69) is 73.7 Å². The number of aromatic nitrogens is 7. The molecule has 13 heteroatoms. The number of hydrogen-bond acceptors (Lipinski definition) is 11. The minimum Gasteiger partial charge on any atom is -0.493 e. The van der Waals surface area contributed by atoms with Gasteiger partial charge >= 0.3 is 0 Å². The maximum absolute atomic E-state index is 6.51. The number of benzene rings is 4. The zero-order chi connectivity index (χ0) is 35.1. The zero-order valence-electron chi connectivity index (χ0n) is 28.3. The Labute approximate surface area is 314 Å². The second-order valence-electron chi connectivity index (χ2n) is 12.9. The van der Waals surface area contributed by atoms with Gasteiger partial charge in [-0.25, -0.2) is 9.35 Å². The van der Waals surface area contributed by atoms with Crippen LogP contribution in [0.3, 0.4) is 0 Å². The number of thioether (sulfide) groups is 2. The third-order valence-electron chi connectivity index (χ3n) is 9.62. The quantitative estimate of drug-likeness (QED) is 0.180. The average Bonchev–Trinajstić information content (AvgIpc) is 3.84. The van der Waals surface area contributed by atoms with Gasteiger partial charge < -0.3 is 20.3 Å². The van der Waals surface area contributed by atoms with Crippen molar-refractivity contribution in [2.45, 2.75) is 39.3 Å². The van der Waals surface area contributed by atoms with Crippen LogP contribution in [0, 0.1) is 0 Å². The highest BCUT2D eigenvalue weighted by Gasteiger charge is 2.40. The molecule has 2 bridgehead atoms. The Kier molecular flexibility index (Phi) is 8.21. The van der Waals surface area contributed by atoms with Crippen LogP contribution in [0.5, 0.6) is 11.5 Å². The molecule has 4 atom stereocenters.